The zero-order valence-corrected chi connectivity index (χ0v) is 23.6. The Labute approximate surface area is 230 Å². The van der Waals surface area contributed by atoms with Gasteiger partial charge in [0.25, 0.3) is 0 Å². The molecule has 202 valence electrons. The molecule has 0 atom stereocenters. The van der Waals surface area contributed by atoms with Crippen LogP contribution in [0.5, 0.6) is 5.75 Å². The number of rotatable bonds is 6. The smallest absolute Gasteiger partial charge is 0.348 e. The number of thiophene rings is 1. The number of benzene rings is 1. The number of carbonyl (C=O) groups excluding carboxylic acids is 1. The molecule has 2 fully saturated rings. The number of carbonyl (C=O) groups is 2. The van der Waals surface area contributed by atoms with Crippen molar-refractivity contribution in [1.29, 1.82) is 0 Å². The first kappa shape index (κ1) is 27.9. The van der Waals surface area contributed by atoms with E-state index >= 15 is 0 Å². The SMILES string of the molecule is CC1CCC(C(=O)N(c2cc(C#CC(C)(C)C)sc2C(=O)O)C2CCC(=NOc3ccccc3)CC2)CC1. The van der Waals surface area contributed by atoms with Gasteiger partial charge in [0.15, 0.2) is 5.75 Å². The molecule has 4 rings (SSSR count). The molecule has 0 saturated heterocycles. The van der Waals surface area contributed by atoms with Gasteiger partial charge in [-0.3, -0.25) is 4.79 Å². The normalized spacial score (nSPS) is 21.7. The molecule has 38 heavy (non-hydrogen) atoms. The maximum Gasteiger partial charge on any atom is 0.348 e. The molecule has 1 N–H and O–H groups in total. The summed E-state index contributed by atoms with van der Waals surface area (Å²) in [7, 11) is 0. The first-order valence-electron chi connectivity index (χ1n) is 13.6. The van der Waals surface area contributed by atoms with Gasteiger partial charge in [-0.1, -0.05) is 42.1 Å². The van der Waals surface area contributed by atoms with E-state index in [9.17, 15) is 14.7 Å². The van der Waals surface area contributed by atoms with Gasteiger partial charge in [-0.05, 0) is 96.3 Å². The van der Waals surface area contributed by atoms with Crippen LogP contribution in [0.2, 0.25) is 0 Å². The number of aromatic carboxylic acids is 1. The van der Waals surface area contributed by atoms with Crippen molar-refractivity contribution in [2.75, 3.05) is 4.90 Å². The molecular formula is C31H38N2O4S. The standard InChI is InChI=1S/C31H38N2O4S/c1-21-10-12-22(13-11-21)29(34)33(27-20-26(18-19-31(2,3)4)38-28(27)30(35)36)24-16-14-23(15-17-24)32-37-25-8-6-5-7-9-25/h5-9,20-22,24H,10-17H2,1-4H3,(H,35,36). The number of amides is 1. The number of nitrogens with zero attached hydrogens (tertiary/aromatic N) is 2. The molecule has 0 unspecified atom stereocenters. The van der Waals surface area contributed by atoms with Crippen LogP contribution in [0.15, 0.2) is 41.6 Å². The second kappa shape index (κ2) is 12.2. The fourth-order valence-electron chi connectivity index (χ4n) is 5.11. The van der Waals surface area contributed by atoms with Crippen molar-refractivity contribution in [3.8, 4) is 17.6 Å². The van der Waals surface area contributed by atoms with E-state index in [1.54, 1.807) is 0 Å². The highest BCUT2D eigenvalue weighted by atomic mass is 32.1. The van der Waals surface area contributed by atoms with E-state index < -0.39 is 5.97 Å². The molecule has 2 aromatic rings. The van der Waals surface area contributed by atoms with Gasteiger partial charge >= 0.3 is 5.97 Å². The van der Waals surface area contributed by atoms with Gasteiger partial charge in [-0.2, -0.15) is 0 Å². The lowest BCUT2D eigenvalue weighted by molar-refractivity contribution is -0.124. The Morgan fingerprint density at radius 3 is 2.32 bits per heavy atom. The third kappa shape index (κ3) is 7.26. The molecule has 2 aliphatic rings. The number of hydrogen-bond acceptors (Lipinski definition) is 5. The van der Waals surface area contributed by atoms with Crippen molar-refractivity contribution in [3.63, 3.8) is 0 Å². The molecular weight excluding hydrogens is 496 g/mol. The van der Waals surface area contributed by atoms with Crippen LogP contribution in [-0.2, 0) is 4.79 Å². The Hall–Kier alpha value is -3.11. The summed E-state index contributed by atoms with van der Waals surface area (Å²) in [6.07, 6.45) is 6.58. The highest BCUT2D eigenvalue weighted by Crippen LogP contribution is 2.38. The van der Waals surface area contributed by atoms with Gasteiger partial charge in [0.05, 0.1) is 16.3 Å². The van der Waals surface area contributed by atoms with E-state index in [1.807, 2.05) is 62.1 Å². The molecule has 1 amide bonds. The summed E-state index contributed by atoms with van der Waals surface area (Å²) in [6, 6.07) is 11.2. The number of para-hydroxylation sites is 1. The minimum absolute atomic E-state index is 0.0541. The maximum atomic E-state index is 14.0. The summed E-state index contributed by atoms with van der Waals surface area (Å²) < 4.78 is 0. The average Bonchev–Trinajstić information content (AvgIpc) is 3.32. The monoisotopic (exact) mass is 534 g/mol. The third-order valence-corrected chi connectivity index (χ3v) is 8.28. The molecule has 0 radical (unpaired) electrons. The number of carboxylic acid groups (broad SMARTS) is 1. The van der Waals surface area contributed by atoms with Gasteiger partial charge < -0.3 is 14.8 Å². The molecule has 1 heterocycles. The second-order valence-electron chi connectivity index (χ2n) is 11.6. The quantitative estimate of drug-likeness (QED) is 0.310. The minimum atomic E-state index is -1.02. The summed E-state index contributed by atoms with van der Waals surface area (Å²) in [5.41, 5.74) is 1.25. The van der Waals surface area contributed by atoms with E-state index in [0.29, 0.717) is 47.9 Å². The molecule has 6 nitrogen and oxygen atoms in total. The lowest BCUT2D eigenvalue weighted by atomic mass is 9.81. The predicted octanol–water partition coefficient (Wildman–Crippen LogP) is 7.38. The van der Waals surface area contributed by atoms with Gasteiger partial charge in [0.2, 0.25) is 5.91 Å². The van der Waals surface area contributed by atoms with Crippen LogP contribution in [0.1, 0.15) is 93.6 Å². The molecule has 1 aromatic carbocycles. The summed E-state index contributed by atoms with van der Waals surface area (Å²) >= 11 is 1.16. The Bertz CT molecular complexity index is 1210. The van der Waals surface area contributed by atoms with Gasteiger partial charge in [0, 0.05) is 17.4 Å². The molecule has 2 saturated carbocycles. The van der Waals surface area contributed by atoms with Gasteiger partial charge in [-0.25, -0.2) is 4.79 Å². The van der Waals surface area contributed by atoms with Gasteiger partial charge in [-0.15, -0.1) is 11.3 Å². The van der Waals surface area contributed by atoms with Gasteiger partial charge in [0.1, 0.15) is 4.88 Å². The molecule has 0 aliphatic heterocycles. The van der Waals surface area contributed by atoms with E-state index in [4.69, 9.17) is 4.84 Å². The van der Waals surface area contributed by atoms with Crippen LogP contribution >= 0.6 is 11.3 Å². The van der Waals surface area contributed by atoms with Crippen molar-refractivity contribution in [3.05, 3.63) is 46.2 Å². The fourth-order valence-corrected chi connectivity index (χ4v) is 5.95. The van der Waals surface area contributed by atoms with Crippen LogP contribution in [0.25, 0.3) is 0 Å². The van der Waals surface area contributed by atoms with Crippen LogP contribution < -0.4 is 9.74 Å². The Balaban J connectivity index is 1.61. The van der Waals surface area contributed by atoms with Crippen LogP contribution in [0.3, 0.4) is 0 Å². The minimum Gasteiger partial charge on any atom is -0.477 e. The van der Waals surface area contributed by atoms with Crippen molar-refractivity contribution in [2.45, 2.75) is 85.1 Å². The van der Waals surface area contributed by atoms with E-state index in [-0.39, 0.29) is 28.2 Å². The van der Waals surface area contributed by atoms with Crippen molar-refractivity contribution >= 4 is 34.6 Å². The van der Waals surface area contributed by atoms with E-state index in [0.717, 1.165) is 42.7 Å². The highest BCUT2D eigenvalue weighted by molar-refractivity contribution is 7.15. The van der Waals surface area contributed by atoms with Crippen LogP contribution in [0.4, 0.5) is 5.69 Å². The second-order valence-corrected chi connectivity index (χ2v) is 12.6. The first-order chi connectivity index (χ1) is 18.1. The lowest BCUT2D eigenvalue weighted by Gasteiger charge is -2.38. The van der Waals surface area contributed by atoms with Crippen LogP contribution in [-0.4, -0.2) is 28.7 Å². The highest BCUT2D eigenvalue weighted by Gasteiger charge is 2.37. The van der Waals surface area contributed by atoms with Crippen LogP contribution in [0, 0.1) is 29.1 Å². The molecule has 0 bridgehead atoms. The number of carboxylic acids is 1. The molecule has 2 aliphatic carbocycles. The number of oxime groups is 1. The third-order valence-electron chi connectivity index (χ3n) is 7.25. The Morgan fingerprint density at radius 1 is 1.05 bits per heavy atom. The summed E-state index contributed by atoms with van der Waals surface area (Å²) in [5, 5.41) is 14.5. The number of hydrogen-bond donors (Lipinski definition) is 1. The number of anilines is 1. The average molecular weight is 535 g/mol. The molecule has 0 spiro atoms. The maximum absolute atomic E-state index is 14.0. The topological polar surface area (TPSA) is 79.2 Å². The predicted molar refractivity (Wildman–Crippen MR) is 153 cm³/mol. The largest absolute Gasteiger partial charge is 0.477 e. The summed E-state index contributed by atoms with van der Waals surface area (Å²) in [6.45, 7) is 8.30. The summed E-state index contributed by atoms with van der Waals surface area (Å²) in [4.78, 5) is 34.7. The Morgan fingerprint density at radius 2 is 1.71 bits per heavy atom. The lowest BCUT2D eigenvalue weighted by Crippen LogP contribution is -2.46. The molecule has 7 heteroatoms. The Kier molecular flexibility index (Phi) is 8.94. The zero-order chi connectivity index (χ0) is 27.3. The van der Waals surface area contributed by atoms with E-state index in [1.165, 1.54) is 0 Å². The van der Waals surface area contributed by atoms with Crippen molar-refractivity contribution in [2.24, 2.45) is 22.4 Å². The van der Waals surface area contributed by atoms with Crippen molar-refractivity contribution < 1.29 is 19.5 Å². The molecule has 1 aromatic heterocycles. The first-order valence-corrected chi connectivity index (χ1v) is 14.4. The van der Waals surface area contributed by atoms with Crippen molar-refractivity contribution in [1.82, 2.24) is 0 Å². The van der Waals surface area contributed by atoms with E-state index in [2.05, 4.69) is 23.9 Å². The summed E-state index contributed by atoms with van der Waals surface area (Å²) in [5.74, 6) is 6.64. The fraction of sp³-hybridized carbons (Fsp3) is 0.516. The zero-order valence-electron chi connectivity index (χ0n) is 22.8.